The van der Waals surface area contributed by atoms with Gasteiger partial charge in [0, 0.05) is 16.2 Å². The van der Waals surface area contributed by atoms with E-state index in [1.165, 1.54) is 27.1 Å². The number of amides is 1. The first-order chi connectivity index (χ1) is 13.5. The standard InChI is InChI=1S/C24H24N2OS/c1-17-9-12-22(19(3)18(17)2)15-25-26-24(27)21-13-10-20(11-14-21)16-28-23-7-5-4-6-8-23/h4-15H,16H2,1-3H3,(H,26,27)/b25-15-. The Hall–Kier alpha value is -2.85. The number of aryl methyl sites for hydroxylation is 1. The molecule has 3 rings (SSSR count). The Bertz CT molecular complexity index is 979. The van der Waals surface area contributed by atoms with Crippen LogP contribution in [-0.2, 0) is 5.75 Å². The number of hydrogen-bond donors (Lipinski definition) is 1. The molecular formula is C24H24N2OS. The maximum Gasteiger partial charge on any atom is 0.271 e. The Labute approximate surface area is 170 Å². The average molecular weight is 389 g/mol. The molecule has 0 radical (unpaired) electrons. The lowest BCUT2D eigenvalue weighted by molar-refractivity contribution is 0.0955. The molecule has 1 amide bonds. The lowest BCUT2D eigenvalue weighted by Crippen LogP contribution is -2.17. The SMILES string of the molecule is Cc1ccc(/C=N\NC(=O)c2ccc(CSc3ccccc3)cc2)c(C)c1C. The summed E-state index contributed by atoms with van der Waals surface area (Å²) in [6, 6.07) is 22.0. The van der Waals surface area contributed by atoms with E-state index in [0.29, 0.717) is 5.56 Å². The third kappa shape index (κ3) is 5.11. The molecule has 0 aliphatic heterocycles. The number of benzene rings is 3. The second-order valence-electron chi connectivity index (χ2n) is 6.72. The molecule has 1 N–H and O–H groups in total. The van der Waals surface area contributed by atoms with Gasteiger partial charge < -0.3 is 0 Å². The quantitative estimate of drug-likeness (QED) is 0.336. The third-order valence-corrected chi connectivity index (χ3v) is 5.92. The van der Waals surface area contributed by atoms with Crippen LogP contribution < -0.4 is 5.43 Å². The summed E-state index contributed by atoms with van der Waals surface area (Å²) in [4.78, 5) is 13.5. The summed E-state index contributed by atoms with van der Waals surface area (Å²) in [6.45, 7) is 6.25. The Morgan fingerprint density at radius 2 is 1.64 bits per heavy atom. The van der Waals surface area contributed by atoms with Gasteiger partial charge >= 0.3 is 0 Å². The largest absolute Gasteiger partial charge is 0.271 e. The van der Waals surface area contributed by atoms with Crippen LogP contribution in [0.25, 0.3) is 0 Å². The van der Waals surface area contributed by atoms with Crippen LogP contribution in [0.4, 0.5) is 0 Å². The van der Waals surface area contributed by atoms with Gasteiger partial charge in [-0.15, -0.1) is 11.8 Å². The molecule has 0 fully saturated rings. The zero-order valence-corrected chi connectivity index (χ0v) is 17.2. The second kappa shape index (κ2) is 9.38. The van der Waals surface area contributed by atoms with Gasteiger partial charge in [-0.2, -0.15) is 5.10 Å². The van der Waals surface area contributed by atoms with E-state index in [4.69, 9.17) is 0 Å². The molecule has 142 valence electrons. The number of carbonyl (C=O) groups is 1. The lowest BCUT2D eigenvalue weighted by atomic mass is 10.00. The number of carbonyl (C=O) groups excluding carboxylic acids is 1. The van der Waals surface area contributed by atoms with Crippen molar-refractivity contribution in [3.05, 3.63) is 100 Å². The fourth-order valence-electron chi connectivity index (χ4n) is 2.78. The molecule has 0 saturated carbocycles. The second-order valence-corrected chi connectivity index (χ2v) is 7.77. The number of rotatable bonds is 6. The molecule has 0 spiro atoms. The van der Waals surface area contributed by atoms with Gasteiger partial charge in [-0.05, 0) is 72.9 Å². The van der Waals surface area contributed by atoms with Gasteiger partial charge in [0.1, 0.15) is 0 Å². The molecule has 3 nitrogen and oxygen atoms in total. The molecule has 0 atom stereocenters. The van der Waals surface area contributed by atoms with Crippen molar-refractivity contribution in [2.24, 2.45) is 5.10 Å². The van der Waals surface area contributed by atoms with Gasteiger partial charge in [0.25, 0.3) is 5.91 Å². The summed E-state index contributed by atoms with van der Waals surface area (Å²) in [5.41, 5.74) is 9.08. The predicted molar refractivity (Wildman–Crippen MR) is 118 cm³/mol. The highest BCUT2D eigenvalue weighted by atomic mass is 32.2. The summed E-state index contributed by atoms with van der Waals surface area (Å²) >= 11 is 1.78. The molecule has 0 aromatic heterocycles. The summed E-state index contributed by atoms with van der Waals surface area (Å²) in [7, 11) is 0. The molecule has 0 aliphatic carbocycles. The fraction of sp³-hybridized carbons (Fsp3) is 0.167. The van der Waals surface area contributed by atoms with E-state index in [1.807, 2.05) is 48.5 Å². The fourth-order valence-corrected chi connectivity index (χ4v) is 3.65. The number of nitrogens with zero attached hydrogens (tertiary/aromatic N) is 1. The van der Waals surface area contributed by atoms with Crippen LogP contribution in [0.15, 0.2) is 76.7 Å². The van der Waals surface area contributed by atoms with Gasteiger partial charge in [0.05, 0.1) is 6.21 Å². The van der Waals surface area contributed by atoms with Crippen LogP contribution in [0.5, 0.6) is 0 Å². The minimum absolute atomic E-state index is 0.208. The van der Waals surface area contributed by atoms with Crippen molar-refractivity contribution >= 4 is 23.9 Å². The van der Waals surface area contributed by atoms with E-state index >= 15 is 0 Å². The van der Waals surface area contributed by atoms with Crippen molar-refractivity contribution in [1.82, 2.24) is 5.43 Å². The number of thioether (sulfide) groups is 1. The van der Waals surface area contributed by atoms with Crippen LogP contribution in [0.3, 0.4) is 0 Å². The first-order valence-electron chi connectivity index (χ1n) is 9.21. The minimum Gasteiger partial charge on any atom is -0.267 e. The van der Waals surface area contributed by atoms with Crippen molar-refractivity contribution in [2.45, 2.75) is 31.4 Å². The molecule has 0 unspecified atom stereocenters. The van der Waals surface area contributed by atoms with E-state index in [9.17, 15) is 4.79 Å². The molecule has 0 heterocycles. The molecule has 0 bridgehead atoms. The summed E-state index contributed by atoms with van der Waals surface area (Å²) in [6.07, 6.45) is 1.70. The van der Waals surface area contributed by atoms with Crippen LogP contribution in [0, 0.1) is 20.8 Å². The van der Waals surface area contributed by atoms with Gasteiger partial charge in [-0.1, -0.05) is 42.5 Å². The van der Waals surface area contributed by atoms with Crippen molar-refractivity contribution < 1.29 is 4.79 Å². The van der Waals surface area contributed by atoms with Crippen LogP contribution in [0.2, 0.25) is 0 Å². The molecule has 4 heteroatoms. The third-order valence-electron chi connectivity index (χ3n) is 4.83. The molecule has 0 aliphatic rings. The van der Waals surface area contributed by atoms with Gasteiger partial charge in [0.15, 0.2) is 0 Å². The Kier molecular flexibility index (Phi) is 6.66. The topological polar surface area (TPSA) is 41.5 Å². The Morgan fingerprint density at radius 1 is 0.929 bits per heavy atom. The summed E-state index contributed by atoms with van der Waals surface area (Å²) < 4.78 is 0. The van der Waals surface area contributed by atoms with E-state index in [2.05, 4.69) is 49.5 Å². The summed E-state index contributed by atoms with van der Waals surface area (Å²) in [5.74, 6) is 0.663. The molecule has 3 aromatic rings. The smallest absolute Gasteiger partial charge is 0.267 e. The van der Waals surface area contributed by atoms with E-state index in [0.717, 1.165) is 11.3 Å². The zero-order chi connectivity index (χ0) is 19.9. The van der Waals surface area contributed by atoms with Crippen molar-refractivity contribution in [2.75, 3.05) is 0 Å². The lowest BCUT2D eigenvalue weighted by Gasteiger charge is -2.07. The monoisotopic (exact) mass is 388 g/mol. The first kappa shape index (κ1) is 19.9. The van der Waals surface area contributed by atoms with Gasteiger partial charge in [-0.3, -0.25) is 4.79 Å². The molecule has 3 aromatic carbocycles. The van der Waals surface area contributed by atoms with Crippen LogP contribution in [0.1, 0.15) is 38.2 Å². The highest BCUT2D eigenvalue weighted by Crippen LogP contribution is 2.22. The number of hydrogen-bond acceptors (Lipinski definition) is 3. The van der Waals surface area contributed by atoms with Crippen molar-refractivity contribution in [3.8, 4) is 0 Å². The predicted octanol–water partition coefficient (Wildman–Crippen LogP) is 5.67. The van der Waals surface area contributed by atoms with Crippen molar-refractivity contribution in [3.63, 3.8) is 0 Å². The maximum atomic E-state index is 12.3. The summed E-state index contributed by atoms with van der Waals surface area (Å²) in [5, 5.41) is 4.12. The maximum absolute atomic E-state index is 12.3. The highest BCUT2D eigenvalue weighted by Gasteiger charge is 2.05. The van der Waals surface area contributed by atoms with E-state index in [1.54, 1.807) is 18.0 Å². The highest BCUT2D eigenvalue weighted by molar-refractivity contribution is 7.98. The number of nitrogens with one attached hydrogen (secondary N) is 1. The van der Waals surface area contributed by atoms with E-state index in [-0.39, 0.29) is 5.91 Å². The molecule has 0 saturated heterocycles. The Morgan fingerprint density at radius 3 is 2.36 bits per heavy atom. The Balaban J connectivity index is 1.57. The normalized spacial score (nSPS) is 11.0. The number of hydrazone groups is 1. The van der Waals surface area contributed by atoms with Gasteiger partial charge in [-0.25, -0.2) is 5.43 Å². The minimum atomic E-state index is -0.208. The zero-order valence-electron chi connectivity index (χ0n) is 16.4. The van der Waals surface area contributed by atoms with Crippen LogP contribution >= 0.6 is 11.8 Å². The molecular weight excluding hydrogens is 364 g/mol. The van der Waals surface area contributed by atoms with Crippen LogP contribution in [-0.4, -0.2) is 12.1 Å². The molecule has 28 heavy (non-hydrogen) atoms. The van der Waals surface area contributed by atoms with Crippen molar-refractivity contribution in [1.29, 1.82) is 0 Å². The first-order valence-corrected chi connectivity index (χ1v) is 10.2. The van der Waals surface area contributed by atoms with Gasteiger partial charge in [0.2, 0.25) is 0 Å². The van der Waals surface area contributed by atoms with E-state index < -0.39 is 0 Å². The average Bonchev–Trinajstić information content (AvgIpc) is 2.73.